The molecule has 0 unspecified atom stereocenters. The minimum absolute atomic E-state index is 0.0820. The van der Waals surface area contributed by atoms with Gasteiger partial charge in [0.1, 0.15) is 5.75 Å². The highest BCUT2D eigenvalue weighted by Gasteiger charge is 2.08. The summed E-state index contributed by atoms with van der Waals surface area (Å²) >= 11 is 1.43. The molecule has 2 aromatic rings. The molecule has 0 aromatic heterocycles. The smallest absolute Gasteiger partial charge is 0.234 e. The first-order valence-electron chi connectivity index (χ1n) is 7.93. The Morgan fingerprint density at radius 2 is 1.84 bits per heavy atom. The van der Waals surface area contributed by atoms with Crippen LogP contribution in [0, 0.1) is 0 Å². The second-order valence-corrected chi connectivity index (χ2v) is 6.60. The zero-order chi connectivity index (χ0) is 18.2. The number of amides is 1. The molecule has 0 heterocycles. The summed E-state index contributed by atoms with van der Waals surface area (Å²) in [6.07, 6.45) is 0.0894. The zero-order valence-corrected chi connectivity index (χ0v) is 15.7. The Hall–Kier alpha value is -2.34. The quantitative estimate of drug-likeness (QED) is 0.714. The van der Waals surface area contributed by atoms with Gasteiger partial charge in [0, 0.05) is 16.6 Å². The van der Waals surface area contributed by atoms with Crippen LogP contribution in [0.25, 0.3) is 0 Å². The van der Waals surface area contributed by atoms with Crippen molar-refractivity contribution in [3.8, 4) is 17.2 Å². The molecule has 0 spiro atoms. The van der Waals surface area contributed by atoms with Gasteiger partial charge in [0.2, 0.25) is 5.91 Å². The molecule has 0 aliphatic heterocycles. The first-order chi connectivity index (χ1) is 12.0. The van der Waals surface area contributed by atoms with Crippen molar-refractivity contribution in [1.29, 1.82) is 0 Å². The maximum absolute atomic E-state index is 12.2. The fourth-order valence-corrected chi connectivity index (χ4v) is 2.90. The van der Waals surface area contributed by atoms with Gasteiger partial charge < -0.3 is 19.5 Å². The first-order valence-corrected chi connectivity index (χ1v) is 8.91. The third-order valence-electron chi connectivity index (χ3n) is 3.21. The molecule has 0 saturated heterocycles. The number of benzene rings is 2. The number of methoxy groups -OCH3 is 2. The number of rotatable bonds is 8. The van der Waals surface area contributed by atoms with Crippen LogP contribution in [0.4, 0.5) is 5.69 Å². The Balaban J connectivity index is 1.92. The summed E-state index contributed by atoms with van der Waals surface area (Å²) in [7, 11) is 3.18. The Morgan fingerprint density at radius 3 is 2.52 bits per heavy atom. The van der Waals surface area contributed by atoms with Crippen molar-refractivity contribution in [2.45, 2.75) is 24.8 Å². The van der Waals surface area contributed by atoms with Crippen molar-refractivity contribution in [3.05, 3.63) is 42.5 Å². The van der Waals surface area contributed by atoms with Gasteiger partial charge in [-0.1, -0.05) is 6.07 Å². The predicted octanol–water partition coefficient (Wildman–Crippen LogP) is 4.22. The third-order valence-corrected chi connectivity index (χ3v) is 4.21. The van der Waals surface area contributed by atoms with Crippen LogP contribution < -0.4 is 19.5 Å². The number of carbonyl (C=O) groups excluding carboxylic acids is 1. The molecule has 5 nitrogen and oxygen atoms in total. The van der Waals surface area contributed by atoms with E-state index in [4.69, 9.17) is 14.2 Å². The van der Waals surface area contributed by atoms with Crippen molar-refractivity contribution in [2.75, 3.05) is 25.3 Å². The van der Waals surface area contributed by atoms with Crippen LogP contribution in [-0.2, 0) is 4.79 Å². The van der Waals surface area contributed by atoms with E-state index in [1.807, 2.05) is 56.3 Å². The molecular formula is C19H23NO4S. The fraction of sp³-hybridized carbons (Fsp3) is 0.316. The predicted molar refractivity (Wildman–Crippen MR) is 101 cm³/mol. The monoisotopic (exact) mass is 361 g/mol. The molecule has 2 rings (SSSR count). The highest BCUT2D eigenvalue weighted by Crippen LogP contribution is 2.31. The number of carbonyl (C=O) groups is 1. The Morgan fingerprint density at radius 1 is 1.08 bits per heavy atom. The van der Waals surface area contributed by atoms with Crippen molar-refractivity contribution >= 4 is 23.4 Å². The van der Waals surface area contributed by atoms with Gasteiger partial charge in [-0.25, -0.2) is 0 Å². The number of hydrogen-bond donors (Lipinski definition) is 1. The van der Waals surface area contributed by atoms with Crippen molar-refractivity contribution in [1.82, 2.24) is 0 Å². The Labute approximate surface area is 152 Å². The van der Waals surface area contributed by atoms with E-state index in [1.165, 1.54) is 11.8 Å². The van der Waals surface area contributed by atoms with Crippen molar-refractivity contribution in [2.24, 2.45) is 0 Å². The molecule has 0 radical (unpaired) electrons. The van der Waals surface area contributed by atoms with E-state index in [2.05, 4.69) is 5.32 Å². The molecule has 25 heavy (non-hydrogen) atoms. The van der Waals surface area contributed by atoms with E-state index in [-0.39, 0.29) is 12.0 Å². The van der Waals surface area contributed by atoms with Gasteiger partial charge in [0.05, 0.1) is 26.1 Å². The molecule has 1 amide bonds. The van der Waals surface area contributed by atoms with Gasteiger partial charge in [-0.2, -0.15) is 0 Å². The molecule has 134 valence electrons. The number of hydrogen-bond acceptors (Lipinski definition) is 5. The van der Waals surface area contributed by atoms with Crippen molar-refractivity contribution in [3.63, 3.8) is 0 Å². The van der Waals surface area contributed by atoms with E-state index in [9.17, 15) is 4.79 Å². The molecule has 0 fully saturated rings. The summed E-state index contributed by atoms with van der Waals surface area (Å²) in [5.41, 5.74) is 0.719. The van der Waals surface area contributed by atoms with Crippen LogP contribution in [-0.4, -0.2) is 32.0 Å². The minimum Gasteiger partial charge on any atom is -0.493 e. The van der Waals surface area contributed by atoms with E-state index < -0.39 is 0 Å². The molecule has 0 aliphatic rings. The molecule has 0 bridgehead atoms. The Kier molecular flexibility index (Phi) is 7.01. The summed E-state index contributed by atoms with van der Waals surface area (Å²) in [5.74, 6) is 2.26. The number of thioether (sulfide) groups is 1. The lowest BCUT2D eigenvalue weighted by Crippen LogP contribution is -2.14. The number of ether oxygens (including phenoxy) is 3. The summed E-state index contributed by atoms with van der Waals surface area (Å²) in [6.45, 7) is 3.93. The summed E-state index contributed by atoms with van der Waals surface area (Å²) < 4.78 is 16.1. The summed E-state index contributed by atoms with van der Waals surface area (Å²) in [4.78, 5) is 13.1. The third kappa shape index (κ3) is 5.90. The molecule has 1 N–H and O–H groups in total. The van der Waals surface area contributed by atoms with Gasteiger partial charge in [0.15, 0.2) is 11.5 Å². The lowest BCUT2D eigenvalue weighted by molar-refractivity contribution is -0.113. The normalized spacial score (nSPS) is 10.4. The van der Waals surface area contributed by atoms with Crippen LogP contribution in [0.1, 0.15) is 13.8 Å². The Bertz CT molecular complexity index is 718. The summed E-state index contributed by atoms with van der Waals surface area (Å²) in [5, 5.41) is 2.88. The lowest BCUT2D eigenvalue weighted by Gasteiger charge is -2.12. The van der Waals surface area contributed by atoms with E-state index in [1.54, 1.807) is 14.2 Å². The topological polar surface area (TPSA) is 56.8 Å². The van der Waals surface area contributed by atoms with E-state index in [0.29, 0.717) is 17.3 Å². The van der Waals surface area contributed by atoms with Crippen molar-refractivity contribution < 1.29 is 19.0 Å². The number of anilines is 1. The van der Waals surface area contributed by atoms with Gasteiger partial charge in [-0.15, -0.1) is 11.8 Å². The van der Waals surface area contributed by atoms with Crippen LogP contribution in [0.2, 0.25) is 0 Å². The molecule has 2 aromatic carbocycles. The number of nitrogens with one attached hydrogen (secondary N) is 1. The van der Waals surface area contributed by atoms with Gasteiger partial charge in [-0.05, 0) is 44.2 Å². The van der Waals surface area contributed by atoms with Crippen LogP contribution in [0.15, 0.2) is 47.4 Å². The van der Waals surface area contributed by atoms with Gasteiger partial charge in [0.25, 0.3) is 0 Å². The molecule has 0 atom stereocenters. The summed E-state index contributed by atoms with van der Waals surface area (Å²) in [6, 6.07) is 13.0. The standard InChI is InChI=1S/C19H23NO4S/c1-13(2)24-15-7-5-6-14(10-15)20-19(21)12-25-16-8-9-17(22-3)18(11-16)23-4/h5-11,13H,12H2,1-4H3,(H,20,21). The average Bonchev–Trinajstić information content (AvgIpc) is 2.59. The molecule has 0 aliphatic carbocycles. The van der Waals surface area contributed by atoms with Gasteiger partial charge in [-0.3, -0.25) is 4.79 Å². The minimum atomic E-state index is -0.0820. The average molecular weight is 361 g/mol. The SMILES string of the molecule is COc1ccc(SCC(=O)Nc2cccc(OC(C)C)c2)cc1OC. The van der Waals surface area contributed by atoms with Crippen LogP contribution in [0.5, 0.6) is 17.2 Å². The highest BCUT2D eigenvalue weighted by atomic mass is 32.2. The second-order valence-electron chi connectivity index (χ2n) is 5.55. The molecule has 6 heteroatoms. The highest BCUT2D eigenvalue weighted by molar-refractivity contribution is 8.00. The molecular weight excluding hydrogens is 338 g/mol. The van der Waals surface area contributed by atoms with Crippen LogP contribution >= 0.6 is 11.8 Å². The fourth-order valence-electron chi connectivity index (χ4n) is 2.17. The van der Waals surface area contributed by atoms with E-state index >= 15 is 0 Å². The lowest BCUT2D eigenvalue weighted by atomic mass is 10.3. The molecule has 0 saturated carbocycles. The van der Waals surface area contributed by atoms with Gasteiger partial charge >= 0.3 is 0 Å². The second kappa shape index (κ2) is 9.22. The zero-order valence-electron chi connectivity index (χ0n) is 14.9. The largest absolute Gasteiger partial charge is 0.493 e. The maximum Gasteiger partial charge on any atom is 0.234 e. The first kappa shape index (κ1) is 19.0. The maximum atomic E-state index is 12.2. The van der Waals surface area contributed by atoms with E-state index in [0.717, 1.165) is 16.3 Å². The van der Waals surface area contributed by atoms with Crippen LogP contribution in [0.3, 0.4) is 0 Å².